The summed E-state index contributed by atoms with van der Waals surface area (Å²) in [5.41, 5.74) is 2.58. The van der Waals surface area contributed by atoms with Gasteiger partial charge in [0.05, 0.1) is 0 Å². The topological polar surface area (TPSA) is 49.8 Å². The zero-order valence-electron chi connectivity index (χ0n) is 13.1. The van der Waals surface area contributed by atoms with E-state index in [4.69, 9.17) is 0 Å². The molecule has 4 nitrogen and oxygen atoms in total. The normalized spacial score (nSPS) is 10.4. The number of aryl methyl sites for hydroxylation is 2. The number of anilines is 2. The Morgan fingerprint density at radius 1 is 1.00 bits per heavy atom. The van der Waals surface area contributed by atoms with E-state index in [1.54, 1.807) is 0 Å². The van der Waals surface area contributed by atoms with E-state index in [-0.39, 0.29) is 0 Å². The monoisotopic (exact) mass is 284 g/mol. The van der Waals surface area contributed by atoms with E-state index < -0.39 is 0 Å². The van der Waals surface area contributed by atoms with Crippen LogP contribution >= 0.6 is 0 Å². The van der Waals surface area contributed by atoms with Gasteiger partial charge >= 0.3 is 0 Å². The van der Waals surface area contributed by atoms with Gasteiger partial charge in [0.15, 0.2) is 0 Å². The SMILES string of the molecule is CCCCNc1cc(NCc2ccccc2C)nc(C)n1. The number of rotatable bonds is 7. The summed E-state index contributed by atoms with van der Waals surface area (Å²) in [6.45, 7) is 7.95. The van der Waals surface area contributed by atoms with Gasteiger partial charge in [-0.05, 0) is 31.4 Å². The number of hydrogen-bond donors (Lipinski definition) is 2. The van der Waals surface area contributed by atoms with Crippen molar-refractivity contribution in [2.45, 2.75) is 40.2 Å². The third-order valence-electron chi connectivity index (χ3n) is 3.40. The summed E-state index contributed by atoms with van der Waals surface area (Å²) in [7, 11) is 0. The van der Waals surface area contributed by atoms with Crippen molar-refractivity contribution < 1.29 is 0 Å². The maximum Gasteiger partial charge on any atom is 0.132 e. The Hall–Kier alpha value is -2.10. The molecular formula is C17H24N4. The van der Waals surface area contributed by atoms with Gasteiger partial charge in [-0.1, -0.05) is 37.6 Å². The number of aromatic nitrogens is 2. The first-order chi connectivity index (χ1) is 10.2. The Labute approximate surface area is 127 Å². The minimum atomic E-state index is 0.775. The van der Waals surface area contributed by atoms with Crippen LogP contribution in [0.2, 0.25) is 0 Å². The molecule has 0 aliphatic carbocycles. The van der Waals surface area contributed by atoms with Gasteiger partial charge < -0.3 is 10.6 Å². The number of benzene rings is 1. The van der Waals surface area contributed by atoms with E-state index in [2.05, 4.69) is 58.7 Å². The predicted molar refractivity (Wildman–Crippen MR) is 88.7 cm³/mol. The fourth-order valence-electron chi connectivity index (χ4n) is 2.14. The Bertz CT molecular complexity index is 581. The summed E-state index contributed by atoms with van der Waals surface area (Å²) in [6.07, 6.45) is 2.32. The van der Waals surface area contributed by atoms with Gasteiger partial charge in [-0.25, -0.2) is 9.97 Å². The quantitative estimate of drug-likeness (QED) is 0.757. The highest BCUT2D eigenvalue weighted by atomic mass is 15.1. The van der Waals surface area contributed by atoms with Crippen LogP contribution in [0.15, 0.2) is 30.3 Å². The van der Waals surface area contributed by atoms with Crippen LogP contribution in [-0.4, -0.2) is 16.5 Å². The molecule has 2 rings (SSSR count). The van der Waals surface area contributed by atoms with Crippen LogP contribution < -0.4 is 10.6 Å². The molecule has 1 aromatic carbocycles. The van der Waals surface area contributed by atoms with Gasteiger partial charge in [-0.3, -0.25) is 0 Å². The second-order valence-corrected chi connectivity index (χ2v) is 5.25. The summed E-state index contributed by atoms with van der Waals surface area (Å²) in [6, 6.07) is 10.4. The van der Waals surface area contributed by atoms with E-state index in [0.29, 0.717) is 0 Å². The summed E-state index contributed by atoms with van der Waals surface area (Å²) >= 11 is 0. The van der Waals surface area contributed by atoms with Crippen LogP contribution in [-0.2, 0) is 6.54 Å². The highest BCUT2D eigenvalue weighted by Crippen LogP contribution is 2.14. The van der Waals surface area contributed by atoms with Crippen molar-refractivity contribution in [2.24, 2.45) is 0 Å². The van der Waals surface area contributed by atoms with E-state index in [1.807, 2.05) is 13.0 Å². The molecule has 0 aliphatic rings. The standard InChI is InChI=1S/C17H24N4/c1-4-5-10-18-16-11-17(21-14(3)20-16)19-12-15-9-7-6-8-13(15)2/h6-9,11H,4-5,10,12H2,1-3H3,(H2,18,19,20,21). The molecule has 0 aliphatic heterocycles. The van der Waals surface area contributed by atoms with Gasteiger partial charge in [0, 0.05) is 19.2 Å². The van der Waals surface area contributed by atoms with Gasteiger partial charge in [0.1, 0.15) is 17.5 Å². The molecule has 0 atom stereocenters. The lowest BCUT2D eigenvalue weighted by Crippen LogP contribution is -2.08. The van der Waals surface area contributed by atoms with E-state index >= 15 is 0 Å². The molecule has 0 saturated heterocycles. The summed E-state index contributed by atoms with van der Waals surface area (Å²) in [4.78, 5) is 8.86. The van der Waals surface area contributed by atoms with Gasteiger partial charge in [-0.15, -0.1) is 0 Å². The first-order valence-corrected chi connectivity index (χ1v) is 7.57. The number of nitrogens with zero attached hydrogens (tertiary/aromatic N) is 2. The largest absolute Gasteiger partial charge is 0.370 e. The summed E-state index contributed by atoms with van der Waals surface area (Å²) in [5, 5.41) is 6.73. The van der Waals surface area contributed by atoms with Gasteiger partial charge in [-0.2, -0.15) is 0 Å². The van der Waals surface area contributed by atoms with Crippen LogP contribution in [0.4, 0.5) is 11.6 Å². The Morgan fingerprint density at radius 3 is 2.43 bits per heavy atom. The molecule has 112 valence electrons. The van der Waals surface area contributed by atoms with E-state index in [0.717, 1.165) is 37.0 Å². The van der Waals surface area contributed by atoms with Crippen LogP contribution in [0, 0.1) is 13.8 Å². The lowest BCUT2D eigenvalue weighted by Gasteiger charge is -2.11. The number of hydrogen-bond acceptors (Lipinski definition) is 4. The molecule has 1 aromatic heterocycles. The molecule has 2 aromatic rings. The van der Waals surface area contributed by atoms with Gasteiger partial charge in [0.25, 0.3) is 0 Å². The van der Waals surface area contributed by atoms with Crippen molar-refractivity contribution in [3.05, 3.63) is 47.3 Å². The lowest BCUT2D eigenvalue weighted by molar-refractivity contribution is 0.829. The predicted octanol–water partition coefficient (Wildman–Crippen LogP) is 3.92. The Balaban J connectivity index is 2.01. The van der Waals surface area contributed by atoms with Crippen molar-refractivity contribution >= 4 is 11.6 Å². The van der Waals surface area contributed by atoms with Gasteiger partial charge in [0.2, 0.25) is 0 Å². The molecule has 0 bridgehead atoms. The second kappa shape index (κ2) is 7.62. The molecule has 1 heterocycles. The fourth-order valence-corrected chi connectivity index (χ4v) is 2.14. The first kappa shape index (κ1) is 15.3. The van der Waals surface area contributed by atoms with Crippen LogP contribution in [0.5, 0.6) is 0 Å². The zero-order valence-corrected chi connectivity index (χ0v) is 13.1. The molecule has 0 unspecified atom stereocenters. The van der Waals surface area contributed by atoms with Crippen LogP contribution in [0.25, 0.3) is 0 Å². The smallest absolute Gasteiger partial charge is 0.132 e. The van der Waals surface area contributed by atoms with Crippen molar-refractivity contribution in [2.75, 3.05) is 17.2 Å². The van der Waals surface area contributed by atoms with Crippen molar-refractivity contribution in [3.63, 3.8) is 0 Å². The molecule has 0 amide bonds. The minimum absolute atomic E-state index is 0.775. The number of nitrogens with one attached hydrogen (secondary N) is 2. The van der Waals surface area contributed by atoms with Crippen LogP contribution in [0.1, 0.15) is 36.7 Å². The van der Waals surface area contributed by atoms with E-state index in [1.165, 1.54) is 17.5 Å². The second-order valence-electron chi connectivity index (χ2n) is 5.25. The van der Waals surface area contributed by atoms with Crippen molar-refractivity contribution in [1.29, 1.82) is 0 Å². The molecular weight excluding hydrogens is 260 g/mol. The summed E-state index contributed by atoms with van der Waals surface area (Å²) < 4.78 is 0. The molecule has 0 fully saturated rings. The maximum absolute atomic E-state index is 4.44. The molecule has 21 heavy (non-hydrogen) atoms. The van der Waals surface area contributed by atoms with Crippen molar-refractivity contribution in [1.82, 2.24) is 9.97 Å². The molecule has 4 heteroatoms. The highest BCUT2D eigenvalue weighted by Gasteiger charge is 2.02. The highest BCUT2D eigenvalue weighted by molar-refractivity contribution is 5.48. The third kappa shape index (κ3) is 4.74. The average molecular weight is 284 g/mol. The van der Waals surface area contributed by atoms with E-state index in [9.17, 15) is 0 Å². The zero-order chi connectivity index (χ0) is 15.1. The Kier molecular flexibility index (Phi) is 5.55. The average Bonchev–Trinajstić information content (AvgIpc) is 2.46. The molecule has 2 N–H and O–H groups in total. The maximum atomic E-state index is 4.44. The summed E-state index contributed by atoms with van der Waals surface area (Å²) in [5.74, 6) is 2.54. The number of unbranched alkanes of at least 4 members (excludes halogenated alkanes) is 1. The molecule has 0 saturated carbocycles. The van der Waals surface area contributed by atoms with Crippen LogP contribution in [0.3, 0.4) is 0 Å². The third-order valence-corrected chi connectivity index (χ3v) is 3.40. The first-order valence-electron chi connectivity index (χ1n) is 7.57. The Morgan fingerprint density at radius 2 is 1.71 bits per heavy atom. The van der Waals surface area contributed by atoms with Crippen molar-refractivity contribution in [3.8, 4) is 0 Å². The lowest BCUT2D eigenvalue weighted by atomic mass is 10.1. The molecule has 0 spiro atoms. The molecule has 0 radical (unpaired) electrons. The minimum Gasteiger partial charge on any atom is -0.370 e. The fraction of sp³-hybridized carbons (Fsp3) is 0.412.